The first-order valence-corrected chi connectivity index (χ1v) is 11.3. The molecule has 0 aliphatic heterocycles. The molecule has 0 fully saturated rings. The van der Waals surface area contributed by atoms with Gasteiger partial charge in [-0.3, -0.25) is 4.79 Å². The first-order chi connectivity index (χ1) is 17.0. The summed E-state index contributed by atoms with van der Waals surface area (Å²) in [6, 6.07) is 22.7. The number of hydrogen-bond donors (Lipinski definition) is 3. The minimum atomic E-state index is -1.06. The first kappa shape index (κ1) is 23.8. The standard InChI is InChI=1S/C27H26N2O6/c30-25(29-18-11-13-19(14-12-18)34-17-26(31)32)10-5-15-28-27(33)35-16-24-22-8-3-1-6-20(22)21-7-2-4-9-23(21)24/h1-4,6-9,11-14,24H,5,10,15-17H2,(H,28,33)(H,29,30)(H,31,32). The molecule has 1 aliphatic rings. The van der Waals surface area contributed by atoms with E-state index in [0.717, 1.165) is 11.1 Å². The van der Waals surface area contributed by atoms with Crippen molar-refractivity contribution in [2.24, 2.45) is 0 Å². The Morgan fingerprint density at radius 1 is 0.857 bits per heavy atom. The van der Waals surface area contributed by atoms with Crippen LogP contribution in [-0.2, 0) is 14.3 Å². The van der Waals surface area contributed by atoms with Crippen LogP contribution < -0.4 is 15.4 Å². The third-order valence-electron chi connectivity index (χ3n) is 5.69. The maximum Gasteiger partial charge on any atom is 0.407 e. The van der Waals surface area contributed by atoms with Crippen LogP contribution in [0.4, 0.5) is 10.5 Å². The summed E-state index contributed by atoms with van der Waals surface area (Å²) in [5, 5.41) is 14.1. The van der Waals surface area contributed by atoms with Crippen molar-refractivity contribution in [3.63, 3.8) is 0 Å². The van der Waals surface area contributed by atoms with Gasteiger partial charge >= 0.3 is 12.1 Å². The molecule has 0 aromatic heterocycles. The molecule has 8 nitrogen and oxygen atoms in total. The number of carboxylic acid groups (broad SMARTS) is 1. The van der Waals surface area contributed by atoms with E-state index >= 15 is 0 Å². The Bertz CT molecular complexity index is 1160. The van der Waals surface area contributed by atoms with E-state index in [4.69, 9.17) is 14.6 Å². The maximum absolute atomic E-state index is 12.2. The molecule has 35 heavy (non-hydrogen) atoms. The number of alkyl carbamates (subject to hydrolysis) is 1. The van der Waals surface area contributed by atoms with E-state index in [1.165, 1.54) is 11.1 Å². The number of aliphatic carboxylic acids is 1. The van der Waals surface area contributed by atoms with Crippen LogP contribution in [0.25, 0.3) is 11.1 Å². The Labute approximate surface area is 202 Å². The van der Waals surface area contributed by atoms with Crippen molar-refractivity contribution in [3.05, 3.63) is 83.9 Å². The van der Waals surface area contributed by atoms with Crippen LogP contribution >= 0.6 is 0 Å². The summed E-state index contributed by atoms with van der Waals surface area (Å²) in [4.78, 5) is 34.9. The zero-order chi connectivity index (χ0) is 24.6. The Hall–Kier alpha value is -4.33. The predicted molar refractivity (Wildman–Crippen MR) is 131 cm³/mol. The Morgan fingerprint density at radius 2 is 1.49 bits per heavy atom. The molecular formula is C27H26N2O6. The summed E-state index contributed by atoms with van der Waals surface area (Å²) in [5.74, 6) is -0.856. The van der Waals surface area contributed by atoms with E-state index in [2.05, 4.69) is 34.9 Å². The summed E-state index contributed by atoms with van der Waals surface area (Å²) in [6.07, 6.45) is 0.167. The number of benzene rings is 3. The highest BCUT2D eigenvalue weighted by Crippen LogP contribution is 2.44. The zero-order valence-electron chi connectivity index (χ0n) is 19.0. The van der Waals surface area contributed by atoms with Crippen LogP contribution in [0.1, 0.15) is 29.9 Å². The molecule has 3 aromatic rings. The molecule has 1 aliphatic carbocycles. The quantitative estimate of drug-likeness (QED) is 0.375. The second-order valence-corrected chi connectivity index (χ2v) is 8.11. The van der Waals surface area contributed by atoms with Gasteiger partial charge in [-0.05, 0) is 52.9 Å². The van der Waals surface area contributed by atoms with Gasteiger partial charge in [0.05, 0.1) is 0 Å². The highest BCUT2D eigenvalue weighted by Gasteiger charge is 2.28. The average Bonchev–Trinajstić information content (AvgIpc) is 3.18. The van der Waals surface area contributed by atoms with Gasteiger partial charge in [0.25, 0.3) is 0 Å². The number of carbonyl (C=O) groups excluding carboxylic acids is 2. The minimum absolute atomic E-state index is 0.000145. The number of anilines is 1. The number of rotatable bonds is 10. The van der Waals surface area contributed by atoms with Crippen LogP contribution in [0.15, 0.2) is 72.8 Å². The maximum atomic E-state index is 12.2. The fourth-order valence-electron chi connectivity index (χ4n) is 4.09. The van der Waals surface area contributed by atoms with E-state index in [-0.39, 0.29) is 24.9 Å². The number of fused-ring (bicyclic) bond motifs is 3. The molecule has 0 atom stereocenters. The van der Waals surface area contributed by atoms with Gasteiger partial charge < -0.3 is 25.2 Å². The van der Waals surface area contributed by atoms with Crippen molar-refractivity contribution in [2.45, 2.75) is 18.8 Å². The van der Waals surface area contributed by atoms with E-state index in [1.807, 2.05) is 24.3 Å². The van der Waals surface area contributed by atoms with Crippen molar-refractivity contribution < 1.29 is 29.0 Å². The fraction of sp³-hybridized carbons (Fsp3) is 0.222. The summed E-state index contributed by atoms with van der Waals surface area (Å²) >= 11 is 0. The molecule has 0 spiro atoms. The molecule has 2 amide bonds. The van der Waals surface area contributed by atoms with E-state index < -0.39 is 18.7 Å². The van der Waals surface area contributed by atoms with Gasteiger partial charge in [-0.2, -0.15) is 0 Å². The lowest BCUT2D eigenvalue weighted by Gasteiger charge is -2.14. The smallest absolute Gasteiger partial charge is 0.407 e. The van der Waals surface area contributed by atoms with Crippen molar-refractivity contribution in [3.8, 4) is 16.9 Å². The molecular weight excluding hydrogens is 448 g/mol. The summed E-state index contributed by atoms with van der Waals surface area (Å²) in [6.45, 7) is 0.126. The van der Waals surface area contributed by atoms with E-state index in [0.29, 0.717) is 24.4 Å². The molecule has 0 saturated carbocycles. The Morgan fingerprint density at radius 3 is 2.11 bits per heavy atom. The topological polar surface area (TPSA) is 114 Å². The van der Waals surface area contributed by atoms with Crippen LogP contribution in [0, 0.1) is 0 Å². The van der Waals surface area contributed by atoms with Gasteiger partial charge in [0.2, 0.25) is 5.91 Å². The number of amides is 2. The van der Waals surface area contributed by atoms with Gasteiger partial charge in [-0.15, -0.1) is 0 Å². The van der Waals surface area contributed by atoms with Crippen LogP contribution in [0.2, 0.25) is 0 Å². The van der Waals surface area contributed by atoms with Crippen LogP contribution in [-0.4, -0.2) is 42.8 Å². The van der Waals surface area contributed by atoms with Gasteiger partial charge in [-0.25, -0.2) is 9.59 Å². The molecule has 8 heteroatoms. The van der Waals surface area contributed by atoms with Crippen molar-refractivity contribution in [1.29, 1.82) is 0 Å². The lowest BCUT2D eigenvalue weighted by molar-refractivity contribution is -0.139. The number of carbonyl (C=O) groups is 3. The molecule has 0 saturated heterocycles. The number of carboxylic acids is 1. The summed E-state index contributed by atoms with van der Waals surface area (Å²) < 4.78 is 10.5. The van der Waals surface area contributed by atoms with Gasteiger partial charge in [0.1, 0.15) is 12.4 Å². The molecule has 4 rings (SSSR count). The second kappa shape index (κ2) is 11.2. The molecule has 0 bridgehead atoms. The molecule has 0 radical (unpaired) electrons. The van der Waals surface area contributed by atoms with E-state index in [9.17, 15) is 14.4 Å². The lowest BCUT2D eigenvalue weighted by Crippen LogP contribution is -2.27. The third kappa shape index (κ3) is 6.17. The predicted octanol–water partition coefficient (Wildman–Crippen LogP) is 4.41. The molecule has 180 valence electrons. The first-order valence-electron chi connectivity index (χ1n) is 11.3. The Balaban J connectivity index is 1.17. The largest absolute Gasteiger partial charge is 0.482 e. The second-order valence-electron chi connectivity index (χ2n) is 8.11. The third-order valence-corrected chi connectivity index (χ3v) is 5.69. The van der Waals surface area contributed by atoms with Gasteiger partial charge in [0, 0.05) is 24.6 Å². The van der Waals surface area contributed by atoms with Crippen molar-refractivity contribution in [1.82, 2.24) is 5.32 Å². The number of nitrogens with one attached hydrogen (secondary N) is 2. The van der Waals surface area contributed by atoms with Crippen molar-refractivity contribution in [2.75, 3.05) is 25.1 Å². The van der Waals surface area contributed by atoms with E-state index in [1.54, 1.807) is 24.3 Å². The molecule has 0 heterocycles. The van der Waals surface area contributed by atoms with Crippen molar-refractivity contribution >= 4 is 23.7 Å². The summed E-state index contributed by atoms with van der Waals surface area (Å²) in [5.41, 5.74) is 5.22. The van der Waals surface area contributed by atoms with Gasteiger partial charge in [-0.1, -0.05) is 48.5 Å². The van der Waals surface area contributed by atoms with Crippen LogP contribution in [0.3, 0.4) is 0 Å². The Kier molecular flexibility index (Phi) is 7.62. The van der Waals surface area contributed by atoms with Gasteiger partial charge in [0.15, 0.2) is 6.61 Å². The summed E-state index contributed by atoms with van der Waals surface area (Å²) in [7, 11) is 0. The monoisotopic (exact) mass is 474 g/mol. The highest BCUT2D eigenvalue weighted by molar-refractivity contribution is 5.90. The number of hydrogen-bond acceptors (Lipinski definition) is 5. The molecule has 3 N–H and O–H groups in total. The SMILES string of the molecule is O=C(O)COc1ccc(NC(=O)CCCNC(=O)OCC2c3ccccc3-c3ccccc32)cc1. The fourth-order valence-corrected chi connectivity index (χ4v) is 4.09. The molecule has 3 aromatic carbocycles. The lowest BCUT2D eigenvalue weighted by atomic mass is 9.98. The highest BCUT2D eigenvalue weighted by atomic mass is 16.5. The zero-order valence-corrected chi connectivity index (χ0v) is 19.0. The average molecular weight is 475 g/mol. The number of ether oxygens (including phenoxy) is 2. The normalized spacial score (nSPS) is 11.8. The van der Waals surface area contributed by atoms with Crippen LogP contribution in [0.5, 0.6) is 5.75 Å². The molecule has 0 unspecified atom stereocenters. The minimum Gasteiger partial charge on any atom is -0.482 e.